The highest BCUT2D eigenvalue weighted by Crippen LogP contribution is 2.47. The van der Waals surface area contributed by atoms with Crippen LogP contribution >= 0.6 is 0 Å². The van der Waals surface area contributed by atoms with Gasteiger partial charge in [0.05, 0.1) is 0 Å². The number of nitrogens with zero attached hydrogens (tertiary/aromatic N) is 3. The van der Waals surface area contributed by atoms with Gasteiger partial charge < -0.3 is 15.1 Å². The largest absolute Gasteiger partial charge is 0.368 e. The minimum atomic E-state index is 0.103. The summed E-state index contributed by atoms with van der Waals surface area (Å²) in [5.74, 6) is 0. The minimum Gasteiger partial charge on any atom is -0.368 e. The molecule has 0 unspecified atom stereocenters. The van der Waals surface area contributed by atoms with Crippen molar-refractivity contribution in [3.8, 4) is 0 Å². The quantitative estimate of drug-likeness (QED) is 0.929. The molecule has 1 aliphatic heterocycles. The second kappa shape index (κ2) is 6.15. The number of pyridine rings is 1. The van der Waals surface area contributed by atoms with Gasteiger partial charge in [-0.05, 0) is 43.2 Å². The molecule has 22 heavy (non-hydrogen) atoms. The van der Waals surface area contributed by atoms with Gasteiger partial charge in [-0.1, -0.05) is 6.92 Å². The topological polar surface area (TPSA) is 48.5 Å². The lowest BCUT2D eigenvalue weighted by Gasteiger charge is -2.36. The zero-order valence-corrected chi connectivity index (χ0v) is 13.6. The van der Waals surface area contributed by atoms with Gasteiger partial charge in [-0.15, -0.1) is 0 Å². The zero-order chi connectivity index (χ0) is 15.6. The second-order valence-electron chi connectivity index (χ2n) is 6.65. The number of nitrogens with one attached hydrogen (secondary N) is 1. The number of amides is 2. The van der Waals surface area contributed by atoms with Crippen LogP contribution in [0.1, 0.15) is 31.7 Å². The van der Waals surface area contributed by atoms with Crippen LogP contribution in [0.15, 0.2) is 18.5 Å². The van der Waals surface area contributed by atoms with E-state index in [-0.39, 0.29) is 6.03 Å². The molecule has 2 aliphatic rings. The molecule has 3 rings (SSSR count). The first kappa shape index (κ1) is 15.1. The Morgan fingerprint density at radius 1 is 1.32 bits per heavy atom. The van der Waals surface area contributed by atoms with Crippen LogP contribution in [0, 0.1) is 12.3 Å². The Morgan fingerprint density at radius 3 is 2.64 bits per heavy atom. The van der Waals surface area contributed by atoms with Crippen molar-refractivity contribution in [1.29, 1.82) is 0 Å². The number of piperazine rings is 1. The molecule has 120 valence electrons. The van der Waals surface area contributed by atoms with Crippen LogP contribution in [-0.4, -0.2) is 48.6 Å². The maximum atomic E-state index is 12.3. The van der Waals surface area contributed by atoms with Crippen molar-refractivity contribution in [3.63, 3.8) is 0 Å². The maximum absolute atomic E-state index is 12.3. The van der Waals surface area contributed by atoms with Gasteiger partial charge in [0.25, 0.3) is 0 Å². The molecular weight excluding hydrogens is 276 g/mol. The standard InChI is InChI=1S/C17H26N4O/c1-3-17(5-6-17)13-19-16(22)21-10-8-20(9-11-21)15-4-7-18-12-14(15)2/h4,7,12H,3,5-6,8-11,13H2,1-2H3,(H,19,22). The maximum Gasteiger partial charge on any atom is 0.317 e. The Kier molecular flexibility index (Phi) is 4.23. The first-order valence-electron chi connectivity index (χ1n) is 8.32. The van der Waals surface area contributed by atoms with Gasteiger partial charge in [0.1, 0.15) is 0 Å². The molecule has 1 N–H and O–H groups in total. The number of aryl methyl sites for hydroxylation is 1. The van der Waals surface area contributed by atoms with E-state index in [4.69, 9.17) is 0 Å². The number of carbonyl (C=O) groups excluding carboxylic acids is 1. The number of anilines is 1. The van der Waals surface area contributed by atoms with E-state index in [1.807, 2.05) is 17.3 Å². The fraction of sp³-hybridized carbons (Fsp3) is 0.647. The van der Waals surface area contributed by atoms with Crippen LogP contribution in [0.2, 0.25) is 0 Å². The van der Waals surface area contributed by atoms with E-state index < -0.39 is 0 Å². The smallest absolute Gasteiger partial charge is 0.317 e. The summed E-state index contributed by atoms with van der Waals surface area (Å²) in [6.07, 6.45) is 7.43. The number of carbonyl (C=O) groups is 1. The fourth-order valence-corrected chi connectivity index (χ4v) is 3.18. The number of rotatable bonds is 4. The normalized spacial score (nSPS) is 19.9. The summed E-state index contributed by atoms with van der Waals surface area (Å²) in [5.41, 5.74) is 2.84. The monoisotopic (exact) mass is 302 g/mol. The second-order valence-corrected chi connectivity index (χ2v) is 6.65. The van der Waals surface area contributed by atoms with Crippen molar-refractivity contribution in [1.82, 2.24) is 15.2 Å². The fourth-order valence-electron chi connectivity index (χ4n) is 3.18. The van der Waals surface area contributed by atoms with E-state index in [1.54, 1.807) is 0 Å². The summed E-state index contributed by atoms with van der Waals surface area (Å²) < 4.78 is 0. The number of hydrogen-bond acceptors (Lipinski definition) is 3. The van der Waals surface area contributed by atoms with Crippen molar-refractivity contribution in [3.05, 3.63) is 24.0 Å². The van der Waals surface area contributed by atoms with Gasteiger partial charge in [0.2, 0.25) is 0 Å². The van der Waals surface area contributed by atoms with Crippen molar-refractivity contribution < 1.29 is 4.79 Å². The van der Waals surface area contributed by atoms with Crippen LogP contribution in [0.5, 0.6) is 0 Å². The number of aromatic nitrogens is 1. The molecule has 2 heterocycles. The summed E-state index contributed by atoms with van der Waals surface area (Å²) in [6, 6.07) is 2.16. The molecule has 0 atom stereocenters. The molecule has 0 spiro atoms. The first-order valence-corrected chi connectivity index (χ1v) is 8.32. The Hall–Kier alpha value is -1.78. The molecule has 1 aromatic heterocycles. The van der Waals surface area contributed by atoms with Crippen molar-refractivity contribution in [2.24, 2.45) is 5.41 Å². The van der Waals surface area contributed by atoms with E-state index in [0.717, 1.165) is 32.7 Å². The summed E-state index contributed by atoms with van der Waals surface area (Å²) in [5, 5.41) is 3.13. The van der Waals surface area contributed by atoms with Crippen molar-refractivity contribution >= 4 is 11.7 Å². The van der Waals surface area contributed by atoms with Gasteiger partial charge in [-0.2, -0.15) is 0 Å². The highest BCUT2D eigenvalue weighted by atomic mass is 16.2. The molecule has 2 amide bonds. The molecule has 0 bridgehead atoms. The van der Waals surface area contributed by atoms with Crippen LogP contribution in [0.4, 0.5) is 10.5 Å². The van der Waals surface area contributed by atoms with Gasteiger partial charge in [0.15, 0.2) is 0 Å². The lowest BCUT2D eigenvalue weighted by Crippen LogP contribution is -2.52. The highest BCUT2D eigenvalue weighted by molar-refractivity contribution is 5.74. The first-order chi connectivity index (χ1) is 10.6. The van der Waals surface area contributed by atoms with Crippen LogP contribution in [0.3, 0.4) is 0 Å². The van der Waals surface area contributed by atoms with Crippen molar-refractivity contribution in [2.45, 2.75) is 33.1 Å². The predicted octanol–water partition coefficient (Wildman–Crippen LogP) is 2.41. The molecule has 1 aliphatic carbocycles. The van der Waals surface area contributed by atoms with E-state index in [1.165, 1.54) is 30.5 Å². The molecular formula is C17H26N4O. The number of hydrogen-bond donors (Lipinski definition) is 1. The molecule has 2 fully saturated rings. The Balaban J connectivity index is 1.49. The summed E-state index contributed by atoms with van der Waals surface area (Å²) in [6.45, 7) is 8.48. The van der Waals surface area contributed by atoms with E-state index >= 15 is 0 Å². The van der Waals surface area contributed by atoms with Gasteiger partial charge in [-0.3, -0.25) is 4.98 Å². The van der Waals surface area contributed by atoms with Crippen molar-refractivity contribution in [2.75, 3.05) is 37.6 Å². The molecule has 1 saturated heterocycles. The molecule has 1 saturated carbocycles. The molecule has 5 heteroatoms. The SMILES string of the molecule is CCC1(CNC(=O)N2CCN(c3ccncc3C)CC2)CC1. The zero-order valence-electron chi connectivity index (χ0n) is 13.6. The van der Waals surface area contributed by atoms with Gasteiger partial charge >= 0.3 is 6.03 Å². The third-order valence-corrected chi connectivity index (χ3v) is 5.22. The van der Waals surface area contributed by atoms with E-state index in [2.05, 4.69) is 35.1 Å². The average Bonchev–Trinajstić information content (AvgIpc) is 3.34. The summed E-state index contributed by atoms with van der Waals surface area (Å²) in [4.78, 5) is 20.7. The highest BCUT2D eigenvalue weighted by Gasteiger charge is 2.41. The lowest BCUT2D eigenvalue weighted by atomic mass is 10.0. The van der Waals surface area contributed by atoms with E-state index in [0.29, 0.717) is 5.41 Å². The molecule has 0 aromatic carbocycles. The molecule has 0 radical (unpaired) electrons. The third-order valence-electron chi connectivity index (χ3n) is 5.22. The minimum absolute atomic E-state index is 0.103. The predicted molar refractivity (Wildman–Crippen MR) is 88.1 cm³/mol. The molecule has 5 nitrogen and oxygen atoms in total. The molecule has 1 aromatic rings. The Labute approximate surface area is 132 Å². The number of urea groups is 1. The van der Waals surface area contributed by atoms with Gasteiger partial charge in [-0.25, -0.2) is 4.79 Å². The van der Waals surface area contributed by atoms with Crippen LogP contribution < -0.4 is 10.2 Å². The summed E-state index contributed by atoms with van der Waals surface area (Å²) >= 11 is 0. The third kappa shape index (κ3) is 3.18. The van der Waals surface area contributed by atoms with Crippen LogP contribution in [-0.2, 0) is 0 Å². The average molecular weight is 302 g/mol. The Morgan fingerprint density at radius 2 is 2.05 bits per heavy atom. The lowest BCUT2D eigenvalue weighted by molar-refractivity contribution is 0.191. The van der Waals surface area contributed by atoms with Crippen LogP contribution in [0.25, 0.3) is 0 Å². The van der Waals surface area contributed by atoms with E-state index in [9.17, 15) is 4.79 Å². The summed E-state index contributed by atoms with van der Waals surface area (Å²) in [7, 11) is 0. The Bertz CT molecular complexity index is 533. The van der Waals surface area contributed by atoms with Gasteiger partial charge in [0, 0.05) is 50.8 Å².